The molecule has 0 spiro atoms. The Bertz CT molecular complexity index is 764. The zero-order valence-corrected chi connectivity index (χ0v) is 14.7. The molecule has 2 rings (SSSR count). The van der Waals surface area contributed by atoms with Crippen molar-refractivity contribution in [3.05, 3.63) is 28.2 Å². The first-order valence-electron chi connectivity index (χ1n) is 7.15. The van der Waals surface area contributed by atoms with Crippen LogP contribution in [-0.2, 0) is 29.0 Å². The average molecular weight is 357 g/mol. The summed E-state index contributed by atoms with van der Waals surface area (Å²) in [7, 11) is 0. The van der Waals surface area contributed by atoms with Crippen molar-refractivity contribution in [2.24, 2.45) is 0 Å². The van der Waals surface area contributed by atoms with Gasteiger partial charge < -0.3 is 9.29 Å². The fourth-order valence-electron chi connectivity index (χ4n) is 2.17. The minimum Gasteiger partial charge on any atom is -0.377 e. The Labute approximate surface area is 140 Å². The summed E-state index contributed by atoms with van der Waals surface area (Å²) in [4.78, 5) is 21.3. The Hall–Kier alpha value is -1.29. The Balaban J connectivity index is 2.49. The molecule has 0 aliphatic heterocycles. The fourth-order valence-corrected chi connectivity index (χ4v) is 2.88. The van der Waals surface area contributed by atoms with Gasteiger partial charge in [-0.25, -0.2) is 14.2 Å². The highest BCUT2D eigenvalue weighted by Gasteiger charge is 2.12. The average Bonchev–Trinajstić information content (AvgIpc) is 2.54. The van der Waals surface area contributed by atoms with Crippen molar-refractivity contribution in [1.29, 1.82) is 0 Å². The van der Waals surface area contributed by atoms with Gasteiger partial charge in [0.2, 0.25) is 0 Å². The molecule has 0 amide bonds. The first-order chi connectivity index (χ1) is 11.1. The second kappa shape index (κ2) is 8.53. The molecule has 0 radical (unpaired) electrons. The number of thioether (sulfide) groups is 1. The summed E-state index contributed by atoms with van der Waals surface area (Å²) in [6.07, 6.45) is 3.96. The van der Waals surface area contributed by atoms with E-state index < -0.39 is 11.1 Å². The lowest BCUT2D eigenvalue weighted by molar-refractivity contribution is 0.133. The van der Waals surface area contributed by atoms with E-state index in [1.807, 2.05) is 13.2 Å². The summed E-state index contributed by atoms with van der Waals surface area (Å²) in [6, 6.07) is 1.75. The molecule has 1 N–H and O–H groups in total. The first kappa shape index (κ1) is 18.1. The smallest absolute Gasteiger partial charge is 0.257 e. The number of hydrogen-bond acceptors (Lipinski definition) is 6. The molecule has 2 aromatic heterocycles. The van der Waals surface area contributed by atoms with Crippen LogP contribution in [0.15, 0.2) is 22.2 Å². The number of aromatic nitrogens is 3. The quantitative estimate of drug-likeness (QED) is 0.436. The molecule has 23 heavy (non-hydrogen) atoms. The van der Waals surface area contributed by atoms with Crippen LogP contribution in [-0.4, -0.2) is 41.9 Å². The third-order valence-electron chi connectivity index (χ3n) is 3.22. The van der Waals surface area contributed by atoms with E-state index in [1.54, 1.807) is 12.3 Å². The molecular weight excluding hydrogens is 338 g/mol. The van der Waals surface area contributed by atoms with Gasteiger partial charge in [-0.3, -0.25) is 9.36 Å². The Morgan fingerprint density at radius 1 is 1.48 bits per heavy atom. The maximum absolute atomic E-state index is 12.6. The van der Waals surface area contributed by atoms with Crippen LogP contribution in [0, 0.1) is 0 Å². The first-order valence-corrected chi connectivity index (χ1v) is 9.65. The number of fused-ring (bicyclic) bond motifs is 1. The van der Waals surface area contributed by atoms with Gasteiger partial charge in [-0.05, 0) is 25.7 Å². The molecular formula is C14H19N3O4S2. The number of rotatable bonds is 8. The van der Waals surface area contributed by atoms with E-state index >= 15 is 0 Å². The summed E-state index contributed by atoms with van der Waals surface area (Å²) in [6.45, 7) is 2.93. The number of aryl methyl sites for hydroxylation is 1. The predicted octanol–water partition coefficient (Wildman–Crippen LogP) is 1.66. The van der Waals surface area contributed by atoms with Crippen LogP contribution in [0.3, 0.4) is 0 Å². The van der Waals surface area contributed by atoms with Crippen LogP contribution in [0.2, 0.25) is 0 Å². The number of nitrogens with zero attached hydrogens (tertiary/aromatic N) is 3. The second-order valence-corrected chi connectivity index (χ2v) is 6.60. The van der Waals surface area contributed by atoms with Gasteiger partial charge in [0.1, 0.15) is 5.65 Å². The minimum atomic E-state index is -1.87. The normalized spacial score (nSPS) is 12.7. The van der Waals surface area contributed by atoms with Crippen molar-refractivity contribution in [3.8, 4) is 0 Å². The van der Waals surface area contributed by atoms with E-state index in [4.69, 9.17) is 9.29 Å². The molecule has 0 saturated carbocycles. The Kier molecular flexibility index (Phi) is 6.70. The topological polar surface area (TPSA) is 94.3 Å². The lowest BCUT2D eigenvalue weighted by Gasteiger charge is -2.12. The van der Waals surface area contributed by atoms with Gasteiger partial charge in [0.05, 0.1) is 12.4 Å². The van der Waals surface area contributed by atoms with Crippen molar-refractivity contribution in [2.75, 3.05) is 18.6 Å². The van der Waals surface area contributed by atoms with E-state index in [0.717, 1.165) is 5.39 Å². The van der Waals surface area contributed by atoms with Crippen LogP contribution in [0.1, 0.15) is 18.9 Å². The van der Waals surface area contributed by atoms with E-state index in [-0.39, 0.29) is 17.9 Å². The minimum absolute atomic E-state index is 0.115. The molecule has 2 aromatic rings. The molecule has 9 heteroatoms. The predicted molar refractivity (Wildman–Crippen MR) is 91.2 cm³/mol. The van der Waals surface area contributed by atoms with E-state index in [2.05, 4.69) is 9.97 Å². The van der Waals surface area contributed by atoms with Crippen molar-refractivity contribution in [1.82, 2.24) is 14.5 Å². The summed E-state index contributed by atoms with van der Waals surface area (Å²) in [5, 5.41) is 1.33. The second-order valence-electron chi connectivity index (χ2n) is 4.78. The third-order valence-corrected chi connectivity index (χ3v) is 4.42. The SMILES string of the molecule is CCOCc1cc2cnc(SC)nc2n(CCCS(=O)O)c1=O. The van der Waals surface area contributed by atoms with Gasteiger partial charge in [0, 0.05) is 30.3 Å². The number of pyridine rings is 1. The Morgan fingerprint density at radius 2 is 2.26 bits per heavy atom. The fraction of sp³-hybridized carbons (Fsp3) is 0.500. The van der Waals surface area contributed by atoms with E-state index in [9.17, 15) is 9.00 Å². The highest BCUT2D eigenvalue weighted by Crippen LogP contribution is 2.16. The molecule has 7 nitrogen and oxygen atoms in total. The van der Waals surface area contributed by atoms with Gasteiger partial charge in [-0.2, -0.15) is 0 Å². The number of hydrogen-bond donors (Lipinski definition) is 1. The van der Waals surface area contributed by atoms with Gasteiger partial charge >= 0.3 is 0 Å². The molecule has 1 atom stereocenters. The zero-order chi connectivity index (χ0) is 16.8. The summed E-state index contributed by atoms with van der Waals surface area (Å²) >= 11 is -0.479. The van der Waals surface area contributed by atoms with Crippen LogP contribution in [0.5, 0.6) is 0 Å². The molecule has 2 heterocycles. The van der Waals surface area contributed by atoms with Gasteiger partial charge in [0.25, 0.3) is 5.56 Å². The van der Waals surface area contributed by atoms with Crippen molar-refractivity contribution in [3.63, 3.8) is 0 Å². The van der Waals surface area contributed by atoms with E-state index in [0.29, 0.717) is 35.9 Å². The molecule has 0 aromatic carbocycles. The standard InChI is InChI=1S/C14H19N3O4S2/c1-3-21-9-11-7-10-8-15-14(22-2)16-12(10)17(13(11)18)5-4-6-23(19)20/h7-8H,3-6,9H2,1-2H3,(H,19,20). The van der Waals surface area contributed by atoms with Crippen LogP contribution < -0.4 is 5.56 Å². The summed E-state index contributed by atoms with van der Waals surface area (Å²) in [5.41, 5.74) is 0.892. The van der Waals surface area contributed by atoms with E-state index in [1.165, 1.54) is 16.3 Å². The van der Waals surface area contributed by atoms with Crippen molar-refractivity contribution in [2.45, 2.75) is 31.7 Å². The largest absolute Gasteiger partial charge is 0.377 e. The maximum Gasteiger partial charge on any atom is 0.257 e. The molecule has 0 saturated heterocycles. The summed E-state index contributed by atoms with van der Waals surface area (Å²) < 4.78 is 26.6. The highest BCUT2D eigenvalue weighted by atomic mass is 32.2. The lowest BCUT2D eigenvalue weighted by atomic mass is 10.2. The lowest BCUT2D eigenvalue weighted by Crippen LogP contribution is -2.26. The van der Waals surface area contributed by atoms with Crippen LogP contribution in [0.25, 0.3) is 11.0 Å². The molecule has 0 bridgehead atoms. The molecule has 126 valence electrons. The summed E-state index contributed by atoms with van der Waals surface area (Å²) in [5.74, 6) is 0.115. The number of ether oxygens (including phenoxy) is 1. The Morgan fingerprint density at radius 3 is 2.91 bits per heavy atom. The monoisotopic (exact) mass is 357 g/mol. The van der Waals surface area contributed by atoms with Gasteiger partial charge in [-0.15, -0.1) is 0 Å². The van der Waals surface area contributed by atoms with Crippen molar-refractivity contribution < 1.29 is 13.5 Å². The van der Waals surface area contributed by atoms with Gasteiger partial charge in [0.15, 0.2) is 16.2 Å². The molecule has 0 aliphatic carbocycles. The maximum atomic E-state index is 12.6. The van der Waals surface area contributed by atoms with Crippen molar-refractivity contribution >= 4 is 33.9 Å². The molecule has 0 fully saturated rings. The highest BCUT2D eigenvalue weighted by molar-refractivity contribution is 7.98. The molecule has 0 aliphatic rings. The van der Waals surface area contributed by atoms with Crippen LogP contribution >= 0.6 is 11.8 Å². The molecule has 1 unspecified atom stereocenters. The zero-order valence-electron chi connectivity index (χ0n) is 13.0. The van der Waals surface area contributed by atoms with Gasteiger partial charge in [-0.1, -0.05) is 11.8 Å². The van der Waals surface area contributed by atoms with Crippen LogP contribution in [0.4, 0.5) is 0 Å². The third kappa shape index (κ3) is 4.60.